The Balaban J connectivity index is 2.90. The minimum absolute atomic E-state index is 0.00958. The number of aliphatic carboxylic acids is 1. The first-order valence-electron chi connectivity index (χ1n) is 4.23. The van der Waals surface area contributed by atoms with Gasteiger partial charge in [-0.3, -0.25) is 4.79 Å². The molecule has 0 aromatic carbocycles. The van der Waals surface area contributed by atoms with Crippen molar-refractivity contribution in [1.82, 2.24) is 5.16 Å². The Kier molecular flexibility index (Phi) is 3.08. The number of carboxylic acid groups (broad SMARTS) is 1. The molecule has 0 radical (unpaired) electrons. The van der Waals surface area contributed by atoms with E-state index in [1.54, 1.807) is 0 Å². The molecule has 1 atom stereocenters. The number of aromatic nitrogens is 1. The van der Waals surface area contributed by atoms with E-state index in [9.17, 15) is 9.59 Å². The first-order valence-corrected chi connectivity index (χ1v) is 4.23. The van der Waals surface area contributed by atoms with E-state index in [0.717, 1.165) is 0 Å². The molecule has 6 nitrogen and oxygen atoms in total. The molecule has 1 heterocycles. The number of nitrogens with one attached hydrogen (secondary N) is 1. The standard InChI is InChI=1S/C8H12N2O4/c1-2-6-4(8(13)14-10-6)3-5(9)7(11)12/h5,10H,2-3,9H2,1H3,(H,11,12)/t5-/m0/s1. The maximum Gasteiger partial charge on any atom is 0.360 e. The highest BCUT2D eigenvalue weighted by Crippen LogP contribution is 2.04. The van der Waals surface area contributed by atoms with Gasteiger partial charge in [0.2, 0.25) is 0 Å². The van der Waals surface area contributed by atoms with Crippen molar-refractivity contribution in [2.24, 2.45) is 5.73 Å². The zero-order valence-electron chi connectivity index (χ0n) is 7.74. The third-order valence-electron chi connectivity index (χ3n) is 1.97. The van der Waals surface area contributed by atoms with Gasteiger partial charge in [-0.1, -0.05) is 6.92 Å². The van der Waals surface area contributed by atoms with Crippen LogP contribution in [0.15, 0.2) is 9.32 Å². The molecule has 78 valence electrons. The molecule has 6 heteroatoms. The fraction of sp³-hybridized carbons (Fsp3) is 0.500. The lowest BCUT2D eigenvalue weighted by atomic mass is 10.1. The van der Waals surface area contributed by atoms with Crippen LogP contribution in [0.4, 0.5) is 0 Å². The minimum Gasteiger partial charge on any atom is -0.480 e. The van der Waals surface area contributed by atoms with E-state index in [-0.39, 0.29) is 6.42 Å². The lowest BCUT2D eigenvalue weighted by Gasteiger charge is -2.03. The molecule has 0 fully saturated rings. The van der Waals surface area contributed by atoms with Crippen LogP contribution in [-0.2, 0) is 17.6 Å². The Morgan fingerprint density at radius 1 is 1.71 bits per heavy atom. The maximum atomic E-state index is 11.1. The van der Waals surface area contributed by atoms with Crippen LogP contribution in [0.1, 0.15) is 18.2 Å². The van der Waals surface area contributed by atoms with Crippen molar-refractivity contribution in [3.63, 3.8) is 0 Å². The molecule has 4 N–H and O–H groups in total. The Morgan fingerprint density at radius 3 is 2.86 bits per heavy atom. The topological polar surface area (TPSA) is 109 Å². The third-order valence-corrected chi connectivity index (χ3v) is 1.97. The number of H-pyrrole nitrogens is 1. The number of hydrogen-bond donors (Lipinski definition) is 3. The van der Waals surface area contributed by atoms with Crippen molar-refractivity contribution in [3.8, 4) is 0 Å². The van der Waals surface area contributed by atoms with Crippen LogP contribution in [0, 0.1) is 0 Å². The fourth-order valence-electron chi connectivity index (χ4n) is 1.15. The highest BCUT2D eigenvalue weighted by molar-refractivity contribution is 5.73. The summed E-state index contributed by atoms with van der Waals surface area (Å²) in [5.41, 5.74) is 5.69. The summed E-state index contributed by atoms with van der Waals surface area (Å²) in [6.07, 6.45) is 0.567. The van der Waals surface area contributed by atoms with Gasteiger partial charge in [-0.2, -0.15) is 0 Å². The Bertz CT molecular complexity index is 379. The minimum atomic E-state index is -1.13. The Morgan fingerprint density at radius 2 is 2.36 bits per heavy atom. The van der Waals surface area contributed by atoms with Gasteiger partial charge in [0.25, 0.3) is 0 Å². The van der Waals surface area contributed by atoms with Gasteiger partial charge in [0.05, 0.1) is 11.3 Å². The van der Waals surface area contributed by atoms with Crippen LogP contribution in [-0.4, -0.2) is 22.3 Å². The lowest BCUT2D eigenvalue weighted by Crippen LogP contribution is -2.33. The quantitative estimate of drug-likeness (QED) is 0.606. The predicted molar refractivity (Wildman–Crippen MR) is 48.0 cm³/mol. The van der Waals surface area contributed by atoms with Crippen molar-refractivity contribution >= 4 is 5.97 Å². The number of hydrogen-bond acceptors (Lipinski definition) is 4. The summed E-state index contributed by atoms with van der Waals surface area (Å²) in [4.78, 5) is 21.6. The van der Waals surface area contributed by atoms with Crippen LogP contribution in [0.5, 0.6) is 0 Å². The van der Waals surface area contributed by atoms with E-state index in [4.69, 9.17) is 10.8 Å². The molecule has 0 amide bonds. The molecular weight excluding hydrogens is 188 g/mol. The summed E-state index contributed by atoms with van der Waals surface area (Å²) < 4.78 is 4.54. The third kappa shape index (κ3) is 2.02. The van der Waals surface area contributed by atoms with Gasteiger partial charge in [0, 0.05) is 6.42 Å². The fourth-order valence-corrected chi connectivity index (χ4v) is 1.15. The monoisotopic (exact) mass is 200 g/mol. The van der Waals surface area contributed by atoms with Crippen molar-refractivity contribution in [3.05, 3.63) is 21.7 Å². The largest absolute Gasteiger partial charge is 0.480 e. The van der Waals surface area contributed by atoms with Crippen LogP contribution in [0.3, 0.4) is 0 Å². The number of aryl methyl sites for hydroxylation is 1. The van der Waals surface area contributed by atoms with Gasteiger partial charge in [-0.05, 0) is 6.42 Å². The zero-order valence-corrected chi connectivity index (χ0v) is 7.74. The van der Waals surface area contributed by atoms with Gasteiger partial charge in [-0.15, -0.1) is 0 Å². The lowest BCUT2D eigenvalue weighted by molar-refractivity contribution is -0.138. The molecule has 0 aliphatic heterocycles. The van der Waals surface area contributed by atoms with Gasteiger partial charge >= 0.3 is 11.6 Å². The molecule has 1 aromatic heterocycles. The van der Waals surface area contributed by atoms with Crippen LogP contribution >= 0.6 is 0 Å². The number of carboxylic acids is 1. The van der Waals surface area contributed by atoms with E-state index in [1.165, 1.54) is 0 Å². The van der Waals surface area contributed by atoms with Crippen molar-refractivity contribution in [2.75, 3.05) is 0 Å². The van der Waals surface area contributed by atoms with Crippen molar-refractivity contribution in [2.45, 2.75) is 25.8 Å². The molecule has 0 spiro atoms. The molecule has 0 bridgehead atoms. The molecule has 0 saturated carbocycles. The van der Waals surface area contributed by atoms with Gasteiger partial charge < -0.3 is 15.4 Å². The highest BCUT2D eigenvalue weighted by atomic mass is 16.5. The van der Waals surface area contributed by atoms with Crippen LogP contribution in [0.25, 0.3) is 0 Å². The number of nitrogens with two attached hydrogens (primary N) is 1. The summed E-state index contributed by atoms with van der Waals surface area (Å²) in [6.45, 7) is 1.83. The average molecular weight is 200 g/mol. The van der Waals surface area contributed by atoms with Crippen molar-refractivity contribution in [1.29, 1.82) is 0 Å². The Labute approximate surface area is 79.7 Å². The first kappa shape index (κ1) is 10.5. The normalized spacial score (nSPS) is 12.7. The molecule has 14 heavy (non-hydrogen) atoms. The van der Waals surface area contributed by atoms with Gasteiger partial charge in [-0.25, -0.2) is 9.95 Å². The summed E-state index contributed by atoms with van der Waals surface area (Å²) in [6, 6.07) is -1.07. The zero-order chi connectivity index (χ0) is 10.7. The summed E-state index contributed by atoms with van der Waals surface area (Å²) >= 11 is 0. The van der Waals surface area contributed by atoms with E-state index >= 15 is 0 Å². The molecule has 0 aliphatic carbocycles. The molecule has 0 aliphatic rings. The SMILES string of the molecule is CCc1[nH]oc(=O)c1C[C@H](N)C(=O)O. The van der Waals surface area contributed by atoms with E-state index < -0.39 is 17.6 Å². The summed E-state index contributed by atoms with van der Waals surface area (Å²) in [5, 5.41) is 11.0. The Hall–Kier alpha value is -1.56. The van der Waals surface area contributed by atoms with Crippen LogP contribution < -0.4 is 11.4 Å². The van der Waals surface area contributed by atoms with E-state index in [1.807, 2.05) is 6.92 Å². The van der Waals surface area contributed by atoms with Gasteiger partial charge in [0.15, 0.2) is 0 Å². The molecule has 0 saturated heterocycles. The number of carbonyl (C=O) groups is 1. The first-order chi connectivity index (χ1) is 6.56. The predicted octanol–water partition coefficient (Wildman–Crippen LogP) is -0.515. The summed E-state index contributed by atoms with van der Waals surface area (Å²) in [7, 11) is 0. The molecule has 1 rings (SSSR count). The van der Waals surface area contributed by atoms with E-state index in [0.29, 0.717) is 17.7 Å². The maximum absolute atomic E-state index is 11.1. The van der Waals surface area contributed by atoms with Gasteiger partial charge in [0.1, 0.15) is 6.04 Å². The molecule has 0 unspecified atom stereocenters. The molecular formula is C8H12N2O4. The smallest absolute Gasteiger partial charge is 0.360 e. The van der Waals surface area contributed by atoms with Crippen molar-refractivity contribution < 1.29 is 14.4 Å². The average Bonchev–Trinajstić information content (AvgIpc) is 2.47. The van der Waals surface area contributed by atoms with E-state index in [2.05, 4.69) is 9.68 Å². The summed E-state index contributed by atoms with van der Waals surface area (Å²) in [5.74, 6) is -1.13. The number of rotatable bonds is 4. The second-order valence-electron chi connectivity index (χ2n) is 2.95. The molecule has 1 aromatic rings. The highest BCUT2D eigenvalue weighted by Gasteiger charge is 2.18. The van der Waals surface area contributed by atoms with Crippen LogP contribution in [0.2, 0.25) is 0 Å². The second-order valence-corrected chi connectivity index (χ2v) is 2.95. The number of aromatic amines is 1. The second kappa shape index (κ2) is 4.10.